The summed E-state index contributed by atoms with van der Waals surface area (Å²) < 4.78 is 43.1. The molecular formula is C25H26F3N7O3. The van der Waals surface area contributed by atoms with Crippen molar-refractivity contribution in [3.8, 4) is 11.3 Å². The molecule has 1 atom stereocenters. The van der Waals surface area contributed by atoms with E-state index in [4.69, 9.17) is 11.5 Å². The molecule has 10 nitrogen and oxygen atoms in total. The zero-order chi connectivity index (χ0) is 27.4. The molecule has 5 N–H and O–H groups in total. The number of anilines is 1. The van der Waals surface area contributed by atoms with Gasteiger partial charge in [-0.3, -0.25) is 14.4 Å². The van der Waals surface area contributed by atoms with Gasteiger partial charge in [-0.2, -0.15) is 13.2 Å². The first-order chi connectivity index (χ1) is 18.0. The van der Waals surface area contributed by atoms with Gasteiger partial charge in [0.1, 0.15) is 5.56 Å². The minimum absolute atomic E-state index is 0.0432. The Bertz CT molecular complexity index is 1450. The van der Waals surface area contributed by atoms with Gasteiger partial charge in [0.05, 0.1) is 16.8 Å². The first kappa shape index (κ1) is 25.5. The predicted octanol–water partition coefficient (Wildman–Crippen LogP) is 2.75. The second kappa shape index (κ2) is 9.30. The number of alkyl halides is 3. The van der Waals surface area contributed by atoms with Crippen LogP contribution in [0.25, 0.3) is 16.9 Å². The molecule has 0 radical (unpaired) electrons. The van der Waals surface area contributed by atoms with Crippen molar-refractivity contribution in [3.05, 3.63) is 46.6 Å². The second-order valence-corrected chi connectivity index (χ2v) is 9.73. The highest BCUT2D eigenvalue weighted by Gasteiger charge is 2.44. The number of benzene rings is 1. The number of nitrogens with zero attached hydrogens (tertiary/aromatic N) is 4. The number of nitrogens with one attached hydrogen (secondary N) is 1. The normalized spacial score (nSPS) is 17.7. The van der Waals surface area contributed by atoms with Gasteiger partial charge in [-0.05, 0) is 55.9 Å². The maximum absolute atomic E-state index is 14.0. The Morgan fingerprint density at radius 2 is 1.97 bits per heavy atom. The number of fused-ring (bicyclic) bond motifs is 2. The monoisotopic (exact) mass is 529 g/mol. The smallest absolute Gasteiger partial charge is 0.381 e. The van der Waals surface area contributed by atoms with Crippen molar-refractivity contribution < 1.29 is 27.6 Å². The highest BCUT2D eigenvalue weighted by Crippen LogP contribution is 2.43. The average molecular weight is 530 g/mol. The van der Waals surface area contributed by atoms with Crippen LogP contribution in [-0.4, -0.2) is 49.8 Å². The molecule has 1 unspecified atom stereocenters. The van der Waals surface area contributed by atoms with Gasteiger partial charge in [-0.25, -0.2) is 9.50 Å². The predicted molar refractivity (Wildman–Crippen MR) is 131 cm³/mol. The van der Waals surface area contributed by atoms with E-state index in [0.29, 0.717) is 11.5 Å². The highest BCUT2D eigenvalue weighted by atomic mass is 19.4. The summed E-state index contributed by atoms with van der Waals surface area (Å²) in [6.07, 6.45) is 0.420. The SMILES string of the molecule is CC(C1CC1)N1Cc2cc(-c3ccn4nc(N)c(C(N)=O)c4n3)cc(C(F)(F)F)c2C1=O.O=C1CCCN1. The molecule has 3 aromatic rings. The summed E-state index contributed by atoms with van der Waals surface area (Å²) in [7, 11) is 0. The summed E-state index contributed by atoms with van der Waals surface area (Å²) in [5.41, 5.74) is 10.4. The molecule has 3 amide bonds. The summed E-state index contributed by atoms with van der Waals surface area (Å²) in [5, 5.41) is 6.63. The van der Waals surface area contributed by atoms with Crippen LogP contribution in [-0.2, 0) is 17.5 Å². The molecule has 200 valence electrons. The molecule has 38 heavy (non-hydrogen) atoms. The van der Waals surface area contributed by atoms with E-state index in [2.05, 4.69) is 15.4 Å². The fourth-order valence-corrected chi connectivity index (χ4v) is 4.92. The van der Waals surface area contributed by atoms with Crippen molar-refractivity contribution in [2.24, 2.45) is 11.7 Å². The van der Waals surface area contributed by atoms with E-state index in [0.717, 1.165) is 38.3 Å². The Hall–Kier alpha value is -4.16. The maximum atomic E-state index is 14.0. The van der Waals surface area contributed by atoms with E-state index in [1.165, 1.54) is 21.7 Å². The fraction of sp³-hybridized carbons (Fsp3) is 0.400. The van der Waals surface area contributed by atoms with Gasteiger partial charge in [0.15, 0.2) is 11.5 Å². The molecular weight excluding hydrogens is 503 g/mol. The molecule has 1 saturated carbocycles. The molecule has 2 aromatic heterocycles. The van der Waals surface area contributed by atoms with Gasteiger partial charge in [-0.1, -0.05) is 0 Å². The molecule has 2 aliphatic heterocycles. The maximum Gasteiger partial charge on any atom is 0.417 e. The number of hydrogen-bond donors (Lipinski definition) is 3. The summed E-state index contributed by atoms with van der Waals surface area (Å²) >= 11 is 0. The molecule has 1 aliphatic carbocycles. The highest BCUT2D eigenvalue weighted by molar-refractivity contribution is 6.03. The lowest BCUT2D eigenvalue weighted by atomic mass is 9.97. The summed E-state index contributed by atoms with van der Waals surface area (Å²) in [4.78, 5) is 40.6. The van der Waals surface area contributed by atoms with Gasteiger partial charge < -0.3 is 21.7 Å². The minimum Gasteiger partial charge on any atom is -0.381 e. The number of primary amides is 1. The molecule has 4 heterocycles. The molecule has 13 heteroatoms. The minimum atomic E-state index is -4.72. The Balaban J connectivity index is 0.000000433. The van der Waals surface area contributed by atoms with Crippen molar-refractivity contribution >= 4 is 29.2 Å². The van der Waals surface area contributed by atoms with E-state index < -0.39 is 23.6 Å². The molecule has 1 aromatic carbocycles. The zero-order valence-electron chi connectivity index (χ0n) is 20.5. The molecule has 1 saturated heterocycles. The van der Waals surface area contributed by atoms with Crippen LogP contribution in [0.2, 0.25) is 0 Å². The largest absolute Gasteiger partial charge is 0.417 e. The number of carbonyl (C=O) groups excluding carboxylic acids is 3. The van der Waals surface area contributed by atoms with Crippen molar-refractivity contribution in [1.29, 1.82) is 0 Å². The summed E-state index contributed by atoms with van der Waals surface area (Å²) in [6, 6.07) is 3.81. The van der Waals surface area contributed by atoms with Crippen molar-refractivity contribution in [3.63, 3.8) is 0 Å². The van der Waals surface area contributed by atoms with Gasteiger partial charge in [0.25, 0.3) is 11.8 Å². The standard InChI is InChI=1S/C21H19F3N6O2.C4H7NO/c1-9(10-2-3-10)29-8-12-6-11(7-13(21(22,23)24)15(12)20(29)32)14-4-5-30-19(27-14)16(18(26)31)17(25)28-30;6-4-2-1-3-5-4/h4-7,9-10H,2-3,8H2,1H3,(H2,25,28)(H2,26,31);1-3H2,(H,5,6). The number of amides is 3. The topological polar surface area (TPSA) is 149 Å². The number of halogens is 3. The van der Waals surface area contributed by atoms with Crippen LogP contribution in [0, 0.1) is 5.92 Å². The number of nitrogen functional groups attached to an aromatic ring is 1. The lowest BCUT2D eigenvalue weighted by Crippen LogP contribution is -2.35. The lowest BCUT2D eigenvalue weighted by Gasteiger charge is -2.24. The number of carbonyl (C=O) groups is 3. The third-order valence-electron chi connectivity index (χ3n) is 7.09. The quantitative estimate of drug-likeness (QED) is 0.473. The van der Waals surface area contributed by atoms with Gasteiger partial charge in [-0.15, -0.1) is 5.10 Å². The third-order valence-corrected chi connectivity index (χ3v) is 7.09. The number of rotatable bonds is 4. The van der Waals surface area contributed by atoms with Crippen LogP contribution in [0.4, 0.5) is 19.0 Å². The molecule has 6 rings (SSSR count). The van der Waals surface area contributed by atoms with Gasteiger partial charge >= 0.3 is 6.18 Å². The Morgan fingerprint density at radius 1 is 1.24 bits per heavy atom. The molecule has 0 bridgehead atoms. The molecule has 3 aliphatic rings. The van der Waals surface area contributed by atoms with Crippen molar-refractivity contribution in [2.45, 2.75) is 51.4 Å². The fourth-order valence-electron chi connectivity index (χ4n) is 4.92. The van der Waals surface area contributed by atoms with E-state index in [1.54, 1.807) is 6.07 Å². The average Bonchev–Trinajstić information content (AvgIpc) is 3.36. The van der Waals surface area contributed by atoms with Crippen LogP contribution in [0.1, 0.15) is 64.4 Å². The summed E-state index contributed by atoms with van der Waals surface area (Å²) in [5.74, 6) is -1.04. The number of nitrogens with two attached hydrogens (primary N) is 2. The van der Waals surface area contributed by atoms with Crippen LogP contribution in [0.5, 0.6) is 0 Å². The van der Waals surface area contributed by atoms with Crippen molar-refractivity contribution in [1.82, 2.24) is 24.8 Å². The Kier molecular flexibility index (Phi) is 6.24. The van der Waals surface area contributed by atoms with Crippen LogP contribution < -0.4 is 16.8 Å². The van der Waals surface area contributed by atoms with Crippen molar-refractivity contribution in [2.75, 3.05) is 12.3 Å². The van der Waals surface area contributed by atoms with E-state index in [-0.39, 0.29) is 52.3 Å². The van der Waals surface area contributed by atoms with Crippen LogP contribution in [0.15, 0.2) is 24.4 Å². The molecule has 2 fully saturated rings. The first-order valence-corrected chi connectivity index (χ1v) is 12.2. The number of hydrogen-bond acceptors (Lipinski definition) is 6. The first-order valence-electron chi connectivity index (χ1n) is 12.2. The van der Waals surface area contributed by atoms with Gasteiger partial charge in [0, 0.05) is 37.3 Å². The second-order valence-electron chi connectivity index (χ2n) is 9.73. The third kappa shape index (κ3) is 4.63. The van der Waals surface area contributed by atoms with Gasteiger partial charge in [0.2, 0.25) is 5.91 Å². The number of aromatic nitrogens is 3. The van der Waals surface area contributed by atoms with E-state index in [9.17, 15) is 27.6 Å². The lowest BCUT2D eigenvalue weighted by molar-refractivity contribution is -0.138. The van der Waals surface area contributed by atoms with E-state index in [1.807, 2.05) is 6.92 Å². The Labute approximate surface area is 215 Å². The zero-order valence-corrected chi connectivity index (χ0v) is 20.5. The molecule has 0 spiro atoms. The van der Waals surface area contributed by atoms with E-state index >= 15 is 0 Å². The van der Waals surface area contributed by atoms with Crippen LogP contribution >= 0.6 is 0 Å². The Morgan fingerprint density at radius 3 is 2.53 bits per heavy atom. The van der Waals surface area contributed by atoms with Crippen LogP contribution in [0.3, 0.4) is 0 Å². The summed E-state index contributed by atoms with van der Waals surface area (Å²) in [6.45, 7) is 2.87.